The lowest BCUT2D eigenvalue weighted by atomic mass is 9.85. The summed E-state index contributed by atoms with van der Waals surface area (Å²) < 4.78 is 12.1. The SMILES string of the molecule is Cc1ccc(OCc2ccc(C(=O)N(C)CC3CCCO3)cc2C)c(-c2csc(N3C[C@@H]4CC[C@@H](C3)C4C(=O)O)n2)c1. The molecule has 3 aliphatic rings. The van der Waals surface area contributed by atoms with Gasteiger partial charge in [0.05, 0.1) is 17.7 Å². The maximum atomic E-state index is 13.0. The minimum Gasteiger partial charge on any atom is -0.488 e. The summed E-state index contributed by atoms with van der Waals surface area (Å²) in [6, 6.07) is 11.9. The molecule has 8 nitrogen and oxygen atoms in total. The summed E-state index contributed by atoms with van der Waals surface area (Å²) >= 11 is 1.61. The number of piperidine rings is 1. The molecular weight excluding hydrogens is 550 g/mol. The Morgan fingerprint density at radius 3 is 2.60 bits per heavy atom. The zero-order chi connectivity index (χ0) is 29.4. The van der Waals surface area contributed by atoms with E-state index in [1.165, 1.54) is 0 Å². The van der Waals surface area contributed by atoms with Gasteiger partial charge in [0.1, 0.15) is 12.4 Å². The lowest BCUT2D eigenvalue weighted by molar-refractivity contribution is -0.144. The summed E-state index contributed by atoms with van der Waals surface area (Å²) in [7, 11) is 1.83. The van der Waals surface area contributed by atoms with Crippen molar-refractivity contribution in [3.63, 3.8) is 0 Å². The zero-order valence-corrected chi connectivity index (χ0v) is 25.4. The Morgan fingerprint density at radius 1 is 1.12 bits per heavy atom. The highest BCUT2D eigenvalue weighted by atomic mass is 32.1. The van der Waals surface area contributed by atoms with Crippen molar-refractivity contribution in [2.45, 2.75) is 52.2 Å². The van der Waals surface area contributed by atoms with E-state index in [1.54, 1.807) is 16.2 Å². The van der Waals surface area contributed by atoms with E-state index in [4.69, 9.17) is 14.5 Å². The maximum absolute atomic E-state index is 13.0. The molecule has 1 aliphatic carbocycles. The lowest BCUT2D eigenvalue weighted by Crippen LogP contribution is -2.44. The van der Waals surface area contributed by atoms with Gasteiger partial charge in [0, 0.05) is 49.8 Å². The zero-order valence-electron chi connectivity index (χ0n) is 24.5. The molecule has 1 aromatic heterocycles. The standard InChI is InChI=1S/C33H39N3O5S/c1-20-6-11-29(41-18-25-10-7-22(14-21(25)2)31(37)35(3)17-26-5-4-12-40-26)27(13-20)28-19-42-33(34-28)36-15-23-8-9-24(16-36)30(23)32(38)39/h6-7,10-11,13-14,19,23-24,26,30H,4-5,8-9,12,15-18H2,1-3H3,(H,38,39)/t23-,24-,26?/m0/s1. The van der Waals surface area contributed by atoms with Crippen molar-refractivity contribution in [3.05, 3.63) is 64.0 Å². The fourth-order valence-corrected chi connectivity index (χ4v) is 7.67. The second-order valence-corrected chi connectivity index (χ2v) is 13.0. The number of carbonyl (C=O) groups excluding carboxylic acids is 1. The molecule has 42 heavy (non-hydrogen) atoms. The number of carboxylic acid groups (broad SMARTS) is 1. The Balaban J connectivity index is 1.13. The van der Waals surface area contributed by atoms with Crippen LogP contribution in [-0.2, 0) is 16.1 Å². The van der Waals surface area contributed by atoms with E-state index in [1.807, 2.05) is 44.3 Å². The van der Waals surface area contributed by atoms with Crippen LogP contribution in [0.15, 0.2) is 41.8 Å². The lowest BCUT2D eigenvalue weighted by Gasteiger charge is -2.35. The number of rotatable bonds is 9. The average Bonchev–Trinajstić information content (AvgIpc) is 3.72. The van der Waals surface area contributed by atoms with Gasteiger partial charge in [0.2, 0.25) is 0 Å². The number of amides is 1. The third kappa shape index (κ3) is 5.90. The first kappa shape index (κ1) is 28.7. The molecule has 0 spiro atoms. The van der Waals surface area contributed by atoms with Crippen LogP contribution in [0.1, 0.15) is 52.7 Å². The van der Waals surface area contributed by atoms with Gasteiger partial charge in [-0.15, -0.1) is 11.3 Å². The third-order valence-corrected chi connectivity index (χ3v) is 10.0. The molecule has 2 saturated heterocycles. The van der Waals surface area contributed by atoms with Crippen LogP contribution in [0, 0.1) is 31.6 Å². The average molecular weight is 590 g/mol. The summed E-state index contributed by atoms with van der Waals surface area (Å²) in [5.74, 6) is 0.276. The van der Waals surface area contributed by atoms with Gasteiger partial charge >= 0.3 is 5.97 Å². The second kappa shape index (κ2) is 12.1. The van der Waals surface area contributed by atoms with Gasteiger partial charge < -0.3 is 24.4 Å². The number of fused-ring (bicyclic) bond motifs is 2. The number of benzene rings is 2. The minimum atomic E-state index is -0.651. The van der Waals surface area contributed by atoms with Crippen molar-refractivity contribution in [2.24, 2.45) is 17.8 Å². The van der Waals surface area contributed by atoms with Crippen LogP contribution < -0.4 is 9.64 Å². The molecule has 1 amide bonds. The number of nitrogens with zero attached hydrogens (tertiary/aromatic N) is 3. The number of hydrogen-bond acceptors (Lipinski definition) is 7. The molecule has 2 aromatic carbocycles. The Kier molecular flexibility index (Phi) is 8.23. The number of aliphatic carboxylic acids is 1. The van der Waals surface area contributed by atoms with Crippen molar-refractivity contribution in [1.29, 1.82) is 0 Å². The molecule has 3 fully saturated rings. The summed E-state index contributed by atoms with van der Waals surface area (Å²) in [5, 5.41) is 12.7. The number of likely N-dealkylation sites (N-methyl/N-ethyl adjacent to an activating group) is 1. The van der Waals surface area contributed by atoms with Crippen molar-refractivity contribution in [2.75, 3.05) is 38.2 Å². The van der Waals surface area contributed by atoms with E-state index < -0.39 is 5.97 Å². The van der Waals surface area contributed by atoms with Gasteiger partial charge in [0.25, 0.3) is 5.91 Å². The topological polar surface area (TPSA) is 92.2 Å². The van der Waals surface area contributed by atoms with E-state index in [9.17, 15) is 14.7 Å². The van der Waals surface area contributed by atoms with Crippen LogP contribution >= 0.6 is 11.3 Å². The van der Waals surface area contributed by atoms with Gasteiger partial charge in [-0.25, -0.2) is 4.98 Å². The Morgan fingerprint density at radius 2 is 1.90 bits per heavy atom. The number of anilines is 1. The van der Waals surface area contributed by atoms with Crippen LogP contribution in [0.4, 0.5) is 5.13 Å². The molecule has 3 heterocycles. The smallest absolute Gasteiger partial charge is 0.307 e. The first-order chi connectivity index (χ1) is 20.3. The highest BCUT2D eigenvalue weighted by Crippen LogP contribution is 2.44. The largest absolute Gasteiger partial charge is 0.488 e. The molecule has 222 valence electrons. The van der Waals surface area contributed by atoms with Crippen molar-refractivity contribution < 1.29 is 24.2 Å². The molecule has 3 atom stereocenters. The first-order valence-electron chi connectivity index (χ1n) is 14.9. The third-order valence-electron chi connectivity index (χ3n) is 9.11. The minimum absolute atomic E-state index is 0.00131. The predicted octanol–water partition coefficient (Wildman–Crippen LogP) is 5.80. The fraction of sp³-hybridized carbons (Fsp3) is 0.485. The van der Waals surface area contributed by atoms with E-state index in [-0.39, 0.29) is 29.8 Å². The van der Waals surface area contributed by atoms with Gasteiger partial charge in [-0.2, -0.15) is 0 Å². The number of aromatic nitrogens is 1. The molecule has 1 N–H and O–H groups in total. The molecule has 1 unspecified atom stereocenters. The van der Waals surface area contributed by atoms with Gasteiger partial charge in [-0.1, -0.05) is 17.7 Å². The van der Waals surface area contributed by atoms with Gasteiger partial charge in [-0.3, -0.25) is 9.59 Å². The van der Waals surface area contributed by atoms with Crippen LogP contribution in [0.5, 0.6) is 5.75 Å². The summed E-state index contributed by atoms with van der Waals surface area (Å²) in [6.45, 7) is 7.34. The summed E-state index contributed by atoms with van der Waals surface area (Å²) in [4.78, 5) is 33.8. The van der Waals surface area contributed by atoms with E-state index in [0.717, 1.165) is 84.2 Å². The second-order valence-electron chi connectivity index (χ2n) is 12.1. The quantitative estimate of drug-likeness (QED) is 0.337. The Bertz CT molecular complexity index is 1450. The van der Waals surface area contributed by atoms with Crippen molar-refractivity contribution >= 4 is 28.3 Å². The van der Waals surface area contributed by atoms with E-state index in [2.05, 4.69) is 23.3 Å². The van der Waals surface area contributed by atoms with Crippen molar-refractivity contribution in [1.82, 2.24) is 9.88 Å². The molecule has 3 aromatic rings. The molecule has 2 bridgehead atoms. The number of carboxylic acids is 1. The number of ether oxygens (including phenoxy) is 2. The Labute approximate surface area is 251 Å². The number of hydrogen-bond donors (Lipinski definition) is 1. The monoisotopic (exact) mass is 589 g/mol. The first-order valence-corrected chi connectivity index (χ1v) is 15.8. The highest BCUT2D eigenvalue weighted by Gasteiger charge is 2.46. The van der Waals surface area contributed by atoms with Gasteiger partial charge in [-0.05, 0) is 86.8 Å². The van der Waals surface area contributed by atoms with Gasteiger partial charge in [0.15, 0.2) is 5.13 Å². The fourth-order valence-electron chi connectivity index (χ4n) is 6.83. The molecule has 2 aliphatic heterocycles. The number of thiazole rings is 1. The van der Waals surface area contributed by atoms with Crippen LogP contribution in [-0.4, -0.2) is 66.3 Å². The number of aryl methyl sites for hydroxylation is 2. The Hall–Kier alpha value is -3.43. The molecule has 6 rings (SSSR count). The van der Waals surface area contributed by atoms with Crippen LogP contribution in [0.3, 0.4) is 0 Å². The maximum Gasteiger partial charge on any atom is 0.307 e. The van der Waals surface area contributed by atoms with E-state index >= 15 is 0 Å². The van der Waals surface area contributed by atoms with Crippen molar-refractivity contribution in [3.8, 4) is 17.0 Å². The normalized spacial score (nSPS) is 23.3. The molecular formula is C33H39N3O5S. The molecule has 9 heteroatoms. The van der Waals surface area contributed by atoms with Crippen LogP contribution in [0.25, 0.3) is 11.3 Å². The molecule has 1 saturated carbocycles. The van der Waals surface area contributed by atoms with E-state index in [0.29, 0.717) is 18.7 Å². The highest BCUT2D eigenvalue weighted by molar-refractivity contribution is 7.14. The number of carbonyl (C=O) groups is 2. The van der Waals surface area contributed by atoms with Crippen LogP contribution in [0.2, 0.25) is 0 Å². The summed E-state index contributed by atoms with van der Waals surface area (Å²) in [5.41, 5.74) is 5.64. The summed E-state index contributed by atoms with van der Waals surface area (Å²) in [6.07, 6.45) is 4.15. The predicted molar refractivity (Wildman–Crippen MR) is 163 cm³/mol. The molecule has 0 radical (unpaired) electrons.